The minimum Gasteiger partial charge on any atom is -0.316 e. The second-order valence-electron chi connectivity index (χ2n) is 5.99. The molecule has 0 bridgehead atoms. The summed E-state index contributed by atoms with van der Waals surface area (Å²) in [6.07, 6.45) is 7.18. The maximum absolute atomic E-state index is 3.55. The molecule has 0 aromatic rings. The summed E-state index contributed by atoms with van der Waals surface area (Å²) >= 11 is 0. The standard InChI is InChI=1S/C14H29N/c1-5-15-11-14(4,13-8-9-13)10-6-7-12(2)3/h12-13,15H,5-11H2,1-4H3. The molecule has 0 spiro atoms. The van der Waals surface area contributed by atoms with Crippen LogP contribution in [0.25, 0.3) is 0 Å². The van der Waals surface area contributed by atoms with Crippen molar-refractivity contribution in [1.29, 1.82) is 0 Å². The van der Waals surface area contributed by atoms with E-state index in [-0.39, 0.29) is 0 Å². The molecule has 0 aromatic heterocycles. The molecular weight excluding hydrogens is 182 g/mol. The summed E-state index contributed by atoms with van der Waals surface area (Å²) in [4.78, 5) is 0. The van der Waals surface area contributed by atoms with Gasteiger partial charge in [-0.3, -0.25) is 0 Å². The number of nitrogens with one attached hydrogen (secondary N) is 1. The highest BCUT2D eigenvalue weighted by Gasteiger charge is 2.40. The van der Waals surface area contributed by atoms with Crippen molar-refractivity contribution in [3.63, 3.8) is 0 Å². The highest BCUT2D eigenvalue weighted by Crippen LogP contribution is 2.48. The first-order valence-corrected chi connectivity index (χ1v) is 6.79. The monoisotopic (exact) mass is 211 g/mol. The van der Waals surface area contributed by atoms with Crippen molar-refractivity contribution in [3.8, 4) is 0 Å². The van der Waals surface area contributed by atoms with Crippen LogP contribution in [-0.2, 0) is 0 Å². The van der Waals surface area contributed by atoms with E-state index in [0.717, 1.165) is 18.4 Å². The molecule has 1 heteroatoms. The molecule has 1 unspecified atom stereocenters. The van der Waals surface area contributed by atoms with Crippen molar-refractivity contribution in [3.05, 3.63) is 0 Å². The summed E-state index contributed by atoms with van der Waals surface area (Å²) in [6.45, 7) is 11.7. The van der Waals surface area contributed by atoms with E-state index in [1.54, 1.807) is 0 Å². The minimum atomic E-state index is 0.588. The topological polar surface area (TPSA) is 12.0 Å². The normalized spacial score (nSPS) is 20.6. The molecule has 1 nitrogen and oxygen atoms in total. The van der Waals surface area contributed by atoms with Gasteiger partial charge < -0.3 is 5.32 Å². The molecule has 0 aliphatic heterocycles. The van der Waals surface area contributed by atoms with Crippen LogP contribution in [-0.4, -0.2) is 13.1 Å². The lowest BCUT2D eigenvalue weighted by atomic mass is 9.79. The fraction of sp³-hybridized carbons (Fsp3) is 1.00. The summed E-state index contributed by atoms with van der Waals surface area (Å²) in [5.41, 5.74) is 0.588. The Morgan fingerprint density at radius 1 is 1.33 bits per heavy atom. The van der Waals surface area contributed by atoms with Gasteiger partial charge in [0, 0.05) is 6.54 Å². The largest absolute Gasteiger partial charge is 0.316 e. The average Bonchev–Trinajstić information content (AvgIpc) is 2.97. The SMILES string of the molecule is CCNCC(C)(CCCC(C)C)C1CC1. The van der Waals surface area contributed by atoms with Gasteiger partial charge >= 0.3 is 0 Å². The van der Waals surface area contributed by atoms with Gasteiger partial charge in [0.15, 0.2) is 0 Å². The van der Waals surface area contributed by atoms with E-state index in [4.69, 9.17) is 0 Å². The van der Waals surface area contributed by atoms with Crippen molar-refractivity contribution in [2.45, 2.75) is 59.8 Å². The molecule has 0 amide bonds. The Morgan fingerprint density at radius 3 is 2.47 bits per heavy atom. The molecule has 1 aliphatic carbocycles. The zero-order valence-corrected chi connectivity index (χ0v) is 11.1. The third-order valence-corrected chi connectivity index (χ3v) is 3.87. The number of hydrogen-bond acceptors (Lipinski definition) is 1. The molecule has 0 heterocycles. The predicted octanol–water partition coefficient (Wildman–Crippen LogP) is 3.84. The van der Waals surface area contributed by atoms with Crippen LogP contribution in [0.4, 0.5) is 0 Å². The molecule has 0 saturated heterocycles. The molecule has 90 valence electrons. The van der Waals surface area contributed by atoms with Crippen LogP contribution in [0.3, 0.4) is 0 Å². The average molecular weight is 211 g/mol. The lowest BCUT2D eigenvalue weighted by Crippen LogP contribution is -2.33. The summed E-state index contributed by atoms with van der Waals surface area (Å²) in [5, 5.41) is 3.55. The quantitative estimate of drug-likeness (QED) is 0.643. The Balaban J connectivity index is 2.28. The van der Waals surface area contributed by atoms with Crippen molar-refractivity contribution >= 4 is 0 Å². The van der Waals surface area contributed by atoms with Crippen LogP contribution >= 0.6 is 0 Å². The zero-order valence-electron chi connectivity index (χ0n) is 11.1. The molecule has 1 fully saturated rings. The lowest BCUT2D eigenvalue weighted by molar-refractivity contribution is 0.226. The number of rotatable bonds is 8. The summed E-state index contributed by atoms with van der Waals surface area (Å²) in [5.74, 6) is 1.89. The maximum atomic E-state index is 3.55. The third kappa shape index (κ3) is 4.55. The Bertz CT molecular complexity index is 172. The van der Waals surface area contributed by atoms with Crippen LogP contribution < -0.4 is 5.32 Å². The van der Waals surface area contributed by atoms with Gasteiger partial charge in [0.25, 0.3) is 0 Å². The smallest absolute Gasteiger partial charge is 0.000770 e. The summed E-state index contributed by atoms with van der Waals surface area (Å²) in [6, 6.07) is 0. The first-order chi connectivity index (χ1) is 7.08. The molecule has 1 atom stereocenters. The van der Waals surface area contributed by atoms with E-state index in [2.05, 4.69) is 33.0 Å². The molecule has 1 saturated carbocycles. The van der Waals surface area contributed by atoms with Gasteiger partial charge in [0.2, 0.25) is 0 Å². The van der Waals surface area contributed by atoms with E-state index in [0.29, 0.717) is 5.41 Å². The Hall–Kier alpha value is -0.0400. The fourth-order valence-corrected chi connectivity index (χ4v) is 2.54. The van der Waals surface area contributed by atoms with Crippen LogP contribution in [0, 0.1) is 17.3 Å². The van der Waals surface area contributed by atoms with E-state index < -0.39 is 0 Å². The zero-order chi connectivity index (χ0) is 11.3. The van der Waals surface area contributed by atoms with Crippen LogP contribution in [0.15, 0.2) is 0 Å². The fourth-order valence-electron chi connectivity index (χ4n) is 2.54. The van der Waals surface area contributed by atoms with E-state index >= 15 is 0 Å². The summed E-state index contributed by atoms with van der Waals surface area (Å²) in [7, 11) is 0. The van der Waals surface area contributed by atoms with E-state index in [1.807, 2.05) is 0 Å². The third-order valence-electron chi connectivity index (χ3n) is 3.87. The van der Waals surface area contributed by atoms with Crippen molar-refractivity contribution in [2.24, 2.45) is 17.3 Å². The van der Waals surface area contributed by atoms with Crippen molar-refractivity contribution < 1.29 is 0 Å². The Morgan fingerprint density at radius 2 is 2.00 bits per heavy atom. The van der Waals surface area contributed by atoms with Crippen LogP contribution in [0.5, 0.6) is 0 Å². The molecule has 1 aliphatic rings. The second kappa shape index (κ2) is 5.89. The van der Waals surface area contributed by atoms with Crippen LogP contribution in [0.1, 0.15) is 59.8 Å². The lowest BCUT2D eigenvalue weighted by Gasteiger charge is -2.30. The van der Waals surface area contributed by atoms with Gasteiger partial charge in [0.05, 0.1) is 0 Å². The van der Waals surface area contributed by atoms with Gasteiger partial charge in [-0.25, -0.2) is 0 Å². The highest BCUT2D eigenvalue weighted by atomic mass is 14.9. The molecule has 0 radical (unpaired) electrons. The molecular formula is C14H29N. The number of hydrogen-bond donors (Lipinski definition) is 1. The van der Waals surface area contributed by atoms with Gasteiger partial charge in [-0.1, -0.05) is 40.5 Å². The molecule has 0 aromatic carbocycles. The maximum Gasteiger partial charge on any atom is 0.000770 e. The second-order valence-corrected chi connectivity index (χ2v) is 5.99. The Kier molecular flexibility index (Phi) is 5.11. The van der Waals surface area contributed by atoms with Gasteiger partial charge in [-0.15, -0.1) is 0 Å². The predicted molar refractivity (Wildman–Crippen MR) is 68.1 cm³/mol. The summed E-state index contributed by atoms with van der Waals surface area (Å²) < 4.78 is 0. The van der Waals surface area contributed by atoms with Gasteiger partial charge in [0.1, 0.15) is 0 Å². The minimum absolute atomic E-state index is 0.588. The molecule has 1 N–H and O–H groups in total. The van der Waals surface area contributed by atoms with Gasteiger partial charge in [-0.05, 0) is 43.1 Å². The van der Waals surface area contributed by atoms with E-state index in [9.17, 15) is 0 Å². The molecule has 1 rings (SSSR count). The first-order valence-electron chi connectivity index (χ1n) is 6.79. The van der Waals surface area contributed by atoms with Crippen LogP contribution in [0.2, 0.25) is 0 Å². The first kappa shape index (κ1) is 13.0. The van der Waals surface area contributed by atoms with Gasteiger partial charge in [-0.2, -0.15) is 0 Å². The van der Waals surface area contributed by atoms with Crippen molar-refractivity contribution in [2.75, 3.05) is 13.1 Å². The molecule has 15 heavy (non-hydrogen) atoms. The Labute approximate surface area is 96.0 Å². The highest BCUT2D eigenvalue weighted by molar-refractivity contribution is 4.92. The van der Waals surface area contributed by atoms with E-state index in [1.165, 1.54) is 38.6 Å². The van der Waals surface area contributed by atoms with Crippen molar-refractivity contribution in [1.82, 2.24) is 5.32 Å².